The van der Waals surface area contributed by atoms with E-state index in [2.05, 4.69) is 34.2 Å². The van der Waals surface area contributed by atoms with E-state index in [0.717, 1.165) is 60.3 Å². The van der Waals surface area contributed by atoms with Crippen LogP contribution < -0.4 is 9.47 Å². The number of piperidine rings is 1. The second-order valence-electron chi connectivity index (χ2n) is 7.08. The molecule has 0 unspecified atom stereocenters. The summed E-state index contributed by atoms with van der Waals surface area (Å²) in [6, 6.07) is 10.1. The summed E-state index contributed by atoms with van der Waals surface area (Å²) in [5, 5.41) is 8.62. The van der Waals surface area contributed by atoms with Crippen LogP contribution in [0.1, 0.15) is 35.1 Å². The van der Waals surface area contributed by atoms with E-state index in [1.54, 1.807) is 25.6 Å². The van der Waals surface area contributed by atoms with Crippen molar-refractivity contribution in [2.75, 3.05) is 27.3 Å². The molecule has 0 saturated carbocycles. The summed E-state index contributed by atoms with van der Waals surface area (Å²) >= 11 is 1.68. The van der Waals surface area contributed by atoms with Crippen molar-refractivity contribution in [1.82, 2.24) is 15.1 Å². The number of aryl methyl sites for hydroxylation is 1. The highest BCUT2D eigenvalue weighted by atomic mass is 32.1. The normalized spacial score (nSPS) is 17.6. The number of methoxy groups -OCH3 is 2. The summed E-state index contributed by atoms with van der Waals surface area (Å²) in [4.78, 5) is 4.70. The molecule has 0 N–H and O–H groups in total. The summed E-state index contributed by atoms with van der Waals surface area (Å²) < 4.78 is 17.0. The molecular formula is C21H25N3O3S. The molecule has 3 heterocycles. The van der Waals surface area contributed by atoms with Gasteiger partial charge in [0.1, 0.15) is 0 Å². The van der Waals surface area contributed by atoms with Crippen LogP contribution in [0.3, 0.4) is 0 Å². The number of ether oxygens (including phenoxy) is 2. The fraction of sp³-hybridized carbons (Fsp3) is 0.429. The maximum Gasteiger partial charge on any atom is 0.257 e. The average Bonchev–Trinajstić information content (AvgIpc) is 3.37. The predicted molar refractivity (Wildman–Crippen MR) is 109 cm³/mol. The van der Waals surface area contributed by atoms with Crippen LogP contribution in [-0.2, 0) is 6.54 Å². The van der Waals surface area contributed by atoms with E-state index < -0.39 is 0 Å². The van der Waals surface area contributed by atoms with E-state index in [4.69, 9.17) is 13.9 Å². The first-order valence-electron chi connectivity index (χ1n) is 9.50. The number of rotatable bonds is 6. The Morgan fingerprint density at radius 2 is 2.07 bits per heavy atom. The maximum atomic E-state index is 6.02. The van der Waals surface area contributed by atoms with Crippen LogP contribution in [0, 0.1) is 6.92 Å². The molecule has 28 heavy (non-hydrogen) atoms. The van der Waals surface area contributed by atoms with Gasteiger partial charge in [0, 0.05) is 23.5 Å². The van der Waals surface area contributed by atoms with Gasteiger partial charge in [-0.2, -0.15) is 0 Å². The van der Waals surface area contributed by atoms with E-state index in [1.807, 2.05) is 18.2 Å². The number of benzene rings is 1. The van der Waals surface area contributed by atoms with Crippen LogP contribution in [0.5, 0.6) is 11.5 Å². The molecule has 1 fully saturated rings. The minimum absolute atomic E-state index is 0.257. The van der Waals surface area contributed by atoms with E-state index in [1.165, 1.54) is 4.88 Å². The quantitative estimate of drug-likeness (QED) is 0.608. The molecule has 0 spiro atoms. The largest absolute Gasteiger partial charge is 0.493 e. The summed E-state index contributed by atoms with van der Waals surface area (Å²) in [6.07, 6.45) is 2.17. The Bertz CT molecular complexity index is 937. The number of hydrogen-bond donors (Lipinski definition) is 0. The van der Waals surface area contributed by atoms with Crippen LogP contribution >= 0.6 is 11.3 Å². The van der Waals surface area contributed by atoms with Crippen molar-refractivity contribution >= 4 is 11.3 Å². The van der Waals surface area contributed by atoms with Crippen LogP contribution in [-0.4, -0.2) is 42.4 Å². The summed E-state index contributed by atoms with van der Waals surface area (Å²) in [7, 11) is 3.35. The van der Waals surface area contributed by atoms with Crippen molar-refractivity contribution in [2.45, 2.75) is 32.2 Å². The molecule has 1 aliphatic rings. The fourth-order valence-electron chi connectivity index (χ4n) is 3.77. The number of aromatic nitrogens is 2. The average molecular weight is 400 g/mol. The third kappa shape index (κ3) is 3.91. The Balaban J connectivity index is 1.47. The first kappa shape index (κ1) is 19.0. The highest BCUT2D eigenvalue weighted by Crippen LogP contribution is 2.34. The van der Waals surface area contributed by atoms with Gasteiger partial charge in [-0.05, 0) is 44.5 Å². The zero-order valence-corrected chi connectivity index (χ0v) is 17.3. The van der Waals surface area contributed by atoms with E-state index in [9.17, 15) is 0 Å². The minimum atomic E-state index is 0.257. The van der Waals surface area contributed by atoms with Gasteiger partial charge in [0.05, 0.1) is 25.0 Å². The predicted octanol–water partition coefficient (Wildman–Crippen LogP) is 4.50. The summed E-state index contributed by atoms with van der Waals surface area (Å²) in [5.41, 5.74) is 1.13. The van der Waals surface area contributed by atoms with Crippen LogP contribution in [0.25, 0.3) is 10.8 Å². The van der Waals surface area contributed by atoms with Gasteiger partial charge in [0.25, 0.3) is 5.89 Å². The molecule has 148 valence electrons. The van der Waals surface area contributed by atoms with Gasteiger partial charge in [0.15, 0.2) is 11.5 Å². The van der Waals surface area contributed by atoms with Crippen molar-refractivity contribution in [3.05, 3.63) is 46.7 Å². The number of likely N-dealkylation sites (tertiary alicyclic amines) is 1. The molecule has 6 nitrogen and oxygen atoms in total. The van der Waals surface area contributed by atoms with Crippen molar-refractivity contribution in [2.24, 2.45) is 0 Å². The molecule has 1 aromatic carbocycles. The Morgan fingerprint density at radius 1 is 1.18 bits per heavy atom. The molecule has 3 aromatic rings. The van der Waals surface area contributed by atoms with Crippen LogP contribution in [0.4, 0.5) is 0 Å². The molecule has 0 amide bonds. The van der Waals surface area contributed by atoms with Crippen molar-refractivity contribution in [1.29, 1.82) is 0 Å². The second kappa shape index (κ2) is 8.32. The van der Waals surface area contributed by atoms with Gasteiger partial charge in [-0.1, -0.05) is 12.1 Å². The van der Waals surface area contributed by atoms with Gasteiger partial charge < -0.3 is 13.9 Å². The molecule has 0 bridgehead atoms. The second-order valence-corrected chi connectivity index (χ2v) is 8.37. The molecule has 1 atom stereocenters. The first-order chi connectivity index (χ1) is 13.7. The standard InChI is InChI=1S/C21H25N3O3S/c1-14-9-10-18(28-14)21-23-22-20(27-21)16-7-5-11-24(13-16)12-15-6-4-8-17(25-2)19(15)26-3/h4,6,8-10,16H,5,7,11-13H2,1-3H3/t16-/m1/s1. The molecule has 1 saturated heterocycles. The minimum Gasteiger partial charge on any atom is -0.493 e. The van der Waals surface area contributed by atoms with Crippen molar-refractivity contribution < 1.29 is 13.9 Å². The first-order valence-corrected chi connectivity index (χ1v) is 10.3. The maximum absolute atomic E-state index is 6.02. The van der Waals surface area contributed by atoms with Gasteiger partial charge in [-0.15, -0.1) is 21.5 Å². The van der Waals surface area contributed by atoms with Gasteiger partial charge >= 0.3 is 0 Å². The monoisotopic (exact) mass is 399 g/mol. The van der Waals surface area contributed by atoms with Gasteiger partial charge in [-0.25, -0.2) is 0 Å². The Labute approximate surface area is 169 Å². The van der Waals surface area contributed by atoms with Crippen molar-refractivity contribution in [3.63, 3.8) is 0 Å². The smallest absolute Gasteiger partial charge is 0.257 e. The third-order valence-corrected chi connectivity index (χ3v) is 6.11. The highest BCUT2D eigenvalue weighted by Gasteiger charge is 2.27. The Morgan fingerprint density at radius 3 is 2.82 bits per heavy atom. The van der Waals surface area contributed by atoms with E-state index in [-0.39, 0.29) is 5.92 Å². The molecule has 7 heteroatoms. The lowest BCUT2D eigenvalue weighted by molar-refractivity contribution is 0.184. The van der Waals surface area contributed by atoms with E-state index >= 15 is 0 Å². The lowest BCUT2D eigenvalue weighted by atomic mass is 9.97. The van der Waals surface area contributed by atoms with E-state index in [0.29, 0.717) is 5.89 Å². The Kier molecular flexibility index (Phi) is 5.64. The zero-order chi connectivity index (χ0) is 19.5. The molecular weight excluding hydrogens is 374 g/mol. The number of para-hydroxylation sites is 1. The summed E-state index contributed by atoms with van der Waals surface area (Å²) in [5.74, 6) is 3.19. The molecule has 0 aliphatic carbocycles. The molecule has 2 aromatic heterocycles. The molecule has 1 aliphatic heterocycles. The zero-order valence-electron chi connectivity index (χ0n) is 16.5. The lowest BCUT2D eigenvalue weighted by Gasteiger charge is -2.31. The number of nitrogens with zero attached hydrogens (tertiary/aromatic N) is 3. The van der Waals surface area contributed by atoms with Gasteiger partial charge in [0.2, 0.25) is 5.89 Å². The van der Waals surface area contributed by atoms with Crippen LogP contribution in [0.15, 0.2) is 34.7 Å². The van der Waals surface area contributed by atoms with Gasteiger partial charge in [-0.3, -0.25) is 4.90 Å². The Hall–Kier alpha value is -2.38. The lowest BCUT2D eigenvalue weighted by Crippen LogP contribution is -2.34. The molecule has 4 rings (SSSR count). The van der Waals surface area contributed by atoms with Crippen molar-refractivity contribution in [3.8, 4) is 22.3 Å². The number of thiophene rings is 1. The number of hydrogen-bond acceptors (Lipinski definition) is 7. The molecule has 0 radical (unpaired) electrons. The topological polar surface area (TPSA) is 60.6 Å². The summed E-state index contributed by atoms with van der Waals surface area (Å²) in [6.45, 7) is 4.83. The third-order valence-electron chi connectivity index (χ3n) is 5.12. The highest BCUT2D eigenvalue weighted by molar-refractivity contribution is 7.15. The SMILES string of the molecule is COc1cccc(CN2CCC[C@@H](c3nnc(-c4ccc(C)s4)o3)C2)c1OC. The van der Waals surface area contributed by atoms with Crippen LogP contribution in [0.2, 0.25) is 0 Å². The fourth-order valence-corrected chi connectivity index (χ4v) is 4.56.